The van der Waals surface area contributed by atoms with Gasteiger partial charge in [-0.25, -0.2) is 9.78 Å². The van der Waals surface area contributed by atoms with Crippen LogP contribution in [0, 0.1) is 0 Å². The second-order valence-corrected chi connectivity index (χ2v) is 7.65. The van der Waals surface area contributed by atoms with Gasteiger partial charge >= 0.3 is 6.03 Å². The number of benzene rings is 1. The molecule has 1 N–H and O–H groups in total. The molecule has 2 aromatic rings. The SMILES string of the molecule is O=C(Nc1ccc(Cl)c(Cl)c1)N1C2CCC1c1ccnc(Br)c1C2. The lowest BCUT2D eigenvalue weighted by atomic mass is 9.95. The van der Waals surface area contributed by atoms with E-state index < -0.39 is 0 Å². The summed E-state index contributed by atoms with van der Waals surface area (Å²) in [6.45, 7) is 0. The molecule has 4 rings (SSSR count). The molecule has 1 aromatic heterocycles. The number of pyridine rings is 1. The molecular weight excluding hydrogens is 413 g/mol. The number of urea groups is 1. The van der Waals surface area contributed by atoms with Crippen LogP contribution in [0.25, 0.3) is 0 Å². The molecule has 2 amide bonds. The molecule has 124 valence electrons. The molecule has 0 radical (unpaired) electrons. The predicted octanol–water partition coefficient (Wildman–Crippen LogP) is 5.44. The zero-order chi connectivity index (χ0) is 16.8. The maximum atomic E-state index is 12.8. The Balaban J connectivity index is 1.61. The molecule has 2 aliphatic heterocycles. The maximum Gasteiger partial charge on any atom is 0.322 e. The molecular formula is C17H14BrCl2N3O. The monoisotopic (exact) mass is 425 g/mol. The standard InChI is InChI=1S/C17H14BrCl2N3O/c18-16-12-8-10-2-4-15(11(12)5-6-21-16)23(10)17(24)22-9-1-3-13(19)14(20)7-9/h1,3,5-7,10,15H,2,4,8H2,(H,22,24). The fraction of sp³-hybridized carbons (Fsp3) is 0.294. The molecule has 2 bridgehead atoms. The summed E-state index contributed by atoms with van der Waals surface area (Å²) in [6, 6.07) is 7.33. The van der Waals surface area contributed by atoms with Crippen molar-refractivity contribution in [3.05, 3.63) is 56.2 Å². The molecule has 0 aliphatic carbocycles. The quantitative estimate of drug-likeness (QED) is 0.616. The Hall–Kier alpha value is -1.30. The zero-order valence-electron chi connectivity index (χ0n) is 12.6. The Morgan fingerprint density at radius 1 is 1.25 bits per heavy atom. The lowest BCUT2D eigenvalue weighted by molar-refractivity contribution is 0.179. The average molecular weight is 427 g/mol. The fourth-order valence-corrected chi connectivity index (χ4v) is 4.50. The molecule has 2 atom stereocenters. The number of rotatable bonds is 1. The molecule has 24 heavy (non-hydrogen) atoms. The summed E-state index contributed by atoms with van der Waals surface area (Å²) in [5.74, 6) is 0. The summed E-state index contributed by atoms with van der Waals surface area (Å²) in [5, 5.41) is 3.84. The van der Waals surface area contributed by atoms with Crippen LogP contribution in [0.5, 0.6) is 0 Å². The van der Waals surface area contributed by atoms with Crippen molar-refractivity contribution < 1.29 is 4.79 Å². The van der Waals surface area contributed by atoms with Crippen LogP contribution in [0.1, 0.15) is 30.0 Å². The number of halogens is 3. The van der Waals surface area contributed by atoms with Crippen LogP contribution in [-0.2, 0) is 6.42 Å². The Labute approximate surface area is 158 Å². The largest absolute Gasteiger partial charge is 0.322 e. The molecule has 7 heteroatoms. The van der Waals surface area contributed by atoms with Gasteiger partial charge in [-0.3, -0.25) is 0 Å². The van der Waals surface area contributed by atoms with Crippen molar-refractivity contribution in [2.45, 2.75) is 31.3 Å². The first kappa shape index (κ1) is 16.2. The van der Waals surface area contributed by atoms with Gasteiger partial charge in [-0.15, -0.1) is 0 Å². The predicted molar refractivity (Wildman–Crippen MR) is 98.7 cm³/mol. The summed E-state index contributed by atoms with van der Waals surface area (Å²) in [7, 11) is 0. The molecule has 1 saturated heterocycles. The molecule has 3 heterocycles. The number of nitrogens with zero attached hydrogens (tertiary/aromatic N) is 2. The summed E-state index contributed by atoms with van der Waals surface area (Å²) in [5.41, 5.74) is 3.06. The number of nitrogens with one attached hydrogen (secondary N) is 1. The van der Waals surface area contributed by atoms with Gasteiger partial charge < -0.3 is 10.2 Å². The minimum Gasteiger partial charge on any atom is -0.314 e. The average Bonchev–Trinajstić information content (AvgIpc) is 2.87. The van der Waals surface area contributed by atoms with Crippen molar-refractivity contribution in [1.29, 1.82) is 0 Å². The summed E-state index contributed by atoms with van der Waals surface area (Å²) in [4.78, 5) is 19.1. The number of fused-ring (bicyclic) bond motifs is 4. The molecule has 2 aliphatic rings. The van der Waals surface area contributed by atoms with Crippen LogP contribution >= 0.6 is 39.1 Å². The first-order valence-electron chi connectivity index (χ1n) is 7.72. The van der Waals surface area contributed by atoms with Gasteiger partial charge in [0.05, 0.1) is 16.1 Å². The number of aromatic nitrogens is 1. The third-order valence-electron chi connectivity index (χ3n) is 4.75. The van der Waals surface area contributed by atoms with Crippen molar-refractivity contribution in [1.82, 2.24) is 9.88 Å². The third-order valence-corrected chi connectivity index (χ3v) is 6.17. The van der Waals surface area contributed by atoms with E-state index in [9.17, 15) is 4.79 Å². The van der Waals surface area contributed by atoms with E-state index in [1.54, 1.807) is 24.4 Å². The number of carbonyl (C=O) groups is 1. The first-order chi connectivity index (χ1) is 11.5. The highest BCUT2D eigenvalue weighted by molar-refractivity contribution is 9.10. The highest BCUT2D eigenvalue weighted by Crippen LogP contribution is 2.45. The second-order valence-electron chi connectivity index (χ2n) is 6.09. The second kappa shape index (κ2) is 6.21. The fourth-order valence-electron chi connectivity index (χ4n) is 3.69. The zero-order valence-corrected chi connectivity index (χ0v) is 15.7. The Bertz CT molecular complexity index is 829. The van der Waals surface area contributed by atoms with Crippen LogP contribution in [0.15, 0.2) is 35.1 Å². The lowest BCUT2D eigenvalue weighted by Crippen LogP contribution is -2.44. The number of amides is 2. The van der Waals surface area contributed by atoms with Crippen LogP contribution in [0.2, 0.25) is 10.0 Å². The number of carbonyl (C=O) groups excluding carboxylic acids is 1. The van der Waals surface area contributed by atoms with Crippen LogP contribution in [0.4, 0.5) is 10.5 Å². The summed E-state index contributed by atoms with van der Waals surface area (Å²) < 4.78 is 0.890. The van der Waals surface area contributed by atoms with Crippen molar-refractivity contribution in [3.63, 3.8) is 0 Å². The van der Waals surface area contributed by atoms with Gasteiger partial charge in [-0.2, -0.15) is 0 Å². The molecule has 4 nitrogen and oxygen atoms in total. The Kier molecular flexibility index (Phi) is 4.19. The van der Waals surface area contributed by atoms with Crippen molar-refractivity contribution in [3.8, 4) is 0 Å². The van der Waals surface area contributed by atoms with E-state index in [1.807, 2.05) is 11.0 Å². The van der Waals surface area contributed by atoms with Gasteiger partial charge in [-0.05, 0) is 70.6 Å². The maximum absolute atomic E-state index is 12.8. The van der Waals surface area contributed by atoms with E-state index in [2.05, 4.69) is 26.2 Å². The van der Waals surface area contributed by atoms with Crippen LogP contribution in [0.3, 0.4) is 0 Å². The van der Waals surface area contributed by atoms with Gasteiger partial charge in [0.1, 0.15) is 4.60 Å². The number of hydrogen-bond acceptors (Lipinski definition) is 2. The molecule has 2 unspecified atom stereocenters. The van der Waals surface area contributed by atoms with Gasteiger partial charge in [0.2, 0.25) is 0 Å². The smallest absolute Gasteiger partial charge is 0.314 e. The third kappa shape index (κ3) is 2.68. The van der Waals surface area contributed by atoms with Crippen LogP contribution < -0.4 is 5.32 Å². The van der Waals surface area contributed by atoms with E-state index >= 15 is 0 Å². The van der Waals surface area contributed by atoms with Crippen LogP contribution in [-0.4, -0.2) is 22.0 Å². The van der Waals surface area contributed by atoms with E-state index in [1.165, 1.54) is 11.1 Å². The molecule has 0 saturated carbocycles. The van der Waals surface area contributed by atoms with Crippen molar-refractivity contribution in [2.75, 3.05) is 5.32 Å². The van der Waals surface area contributed by atoms with Crippen molar-refractivity contribution in [2.24, 2.45) is 0 Å². The van der Waals surface area contributed by atoms with E-state index in [-0.39, 0.29) is 18.1 Å². The normalized spacial score (nSPS) is 21.5. The van der Waals surface area contributed by atoms with E-state index in [0.29, 0.717) is 15.7 Å². The number of hydrogen-bond donors (Lipinski definition) is 1. The highest BCUT2D eigenvalue weighted by atomic mass is 79.9. The summed E-state index contributed by atoms with van der Waals surface area (Å²) >= 11 is 15.5. The molecule has 1 fully saturated rings. The van der Waals surface area contributed by atoms with Gasteiger partial charge in [0, 0.05) is 17.9 Å². The lowest BCUT2D eigenvalue weighted by Gasteiger charge is -2.36. The summed E-state index contributed by atoms with van der Waals surface area (Å²) in [6.07, 6.45) is 4.59. The molecule has 1 aromatic carbocycles. The van der Waals surface area contributed by atoms with Crippen molar-refractivity contribution >= 4 is 50.9 Å². The Morgan fingerprint density at radius 2 is 2.08 bits per heavy atom. The van der Waals surface area contributed by atoms with E-state index in [0.717, 1.165) is 23.9 Å². The minimum absolute atomic E-state index is 0.0977. The Morgan fingerprint density at radius 3 is 2.88 bits per heavy atom. The minimum atomic E-state index is -0.0977. The van der Waals surface area contributed by atoms with E-state index in [4.69, 9.17) is 23.2 Å². The number of anilines is 1. The highest BCUT2D eigenvalue weighted by Gasteiger charge is 2.43. The van der Waals surface area contributed by atoms with Gasteiger partial charge in [0.15, 0.2) is 0 Å². The van der Waals surface area contributed by atoms with Gasteiger partial charge in [-0.1, -0.05) is 23.2 Å². The molecule has 0 spiro atoms. The van der Waals surface area contributed by atoms with Gasteiger partial charge in [0.25, 0.3) is 0 Å². The topological polar surface area (TPSA) is 45.2 Å². The first-order valence-corrected chi connectivity index (χ1v) is 9.27.